The normalized spacial score (nSPS) is 12.2. The van der Waals surface area contributed by atoms with Gasteiger partial charge in [-0.25, -0.2) is 0 Å². The van der Waals surface area contributed by atoms with Crippen LogP contribution in [0, 0.1) is 6.92 Å². The van der Waals surface area contributed by atoms with Gasteiger partial charge in [-0.05, 0) is 43.4 Å². The maximum Gasteiger partial charge on any atom is 0.251 e. The minimum absolute atomic E-state index is 0.00603. The number of aryl methyl sites for hydroxylation is 1. The van der Waals surface area contributed by atoms with Crippen LogP contribution in [0.25, 0.3) is 0 Å². The van der Waals surface area contributed by atoms with Crippen molar-refractivity contribution < 1.29 is 9.90 Å². The first kappa shape index (κ1) is 15.3. The molecule has 0 saturated heterocycles. The Morgan fingerprint density at radius 3 is 2.83 bits per heavy atom. The zero-order valence-electron chi connectivity index (χ0n) is 10.6. The zero-order valence-corrected chi connectivity index (χ0v) is 12.1. The highest BCUT2D eigenvalue weighted by Crippen LogP contribution is 2.16. The van der Waals surface area contributed by atoms with E-state index in [4.69, 9.17) is 16.7 Å². The summed E-state index contributed by atoms with van der Waals surface area (Å²) in [7, 11) is 0. The van der Waals surface area contributed by atoms with E-state index < -0.39 is 0 Å². The molecule has 100 valence electrons. The second-order valence-electron chi connectivity index (χ2n) is 4.10. The first-order valence-electron chi connectivity index (χ1n) is 5.75. The molecular weight excluding hydrogens is 270 g/mol. The van der Waals surface area contributed by atoms with Gasteiger partial charge in [0.1, 0.15) is 0 Å². The first-order valence-corrected chi connectivity index (χ1v) is 7.52. The van der Waals surface area contributed by atoms with Crippen LogP contribution in [0.15, 0.2) is 18.2 Å². The van der Waals surface area contributed by atoms with Crippen LogP contribution in [0.1, 0.15) is 22.3 Å². The van der Waals surface area contributed by atoms with E-state index in [1.165, 1.54) is 0 Å². The van der Waals surface area contributed by atoms with Crippen LogP contribution in [0.5, 0.6) is 0 Å². The molecule has 18 heavy (non-hydrogen) atoms. The SMILES string of the molecule is CSC[C@H](CCO)NC(=O)c1ccc(Cl)c(C)c1. The number of rotatable bonds is 6. The van der Waals surface area contributed by atoms with Gasteiger partial charge in [-0.15, -0.1) is 0 Å². The molecule has 0 radical (unpaired) electrons. The molecule has 0 aliphatic carbocycles. The van der Waals surface area contributed by atoms with E-state index in [0.717, 1.165) is 11.3 Å². The molecule has 1 aromatic carbocycles. The van der Waals surface area contributed by atoms with Gasteiger partial charge in [-0.3, -0.25) is 4.79 Å². The Balaban J connectivity index is 2.70. The molecule has 0 aliphatic rings. The molecule has 0 bridgehead atoms. The number of aliphatic hydroxyl groups is 1. The Labute approximate surface area is 117 Å². The number of benzene rings is 1. The van der Waals surface area contributed by atoms with E-state index in [-0.39, 0.29) is 18.6 Å². The Morgan fingerprint density at radius 1 is 1.56 bits per heavy atom. The Morgan fingerprint density at radius 2 is 2.28 bits per heavy atom. The average molecular weight is 288 g/mol. The number of nitrogens with one attached hydrogen (secondary N) is 1. The predicted molar refractivity (Wildman–Crippen MR) is 77.5 cm³/mol. The van der Waals surface area contributed by atoms with Gasteiger partial charge in [0.2, 0.25) is 0 Å². The zero-order chi connectivity index (χ0) is 13.5. The molecule has 1 amide bonds. The van der Waals surface area contributed by atoms with Crippen LogP contribution in [-0.2, 0) is 0 Å². The highest BCUT2D eigenvalue weighted by Gasteiger charge is 2.13. The fraction of sp³-hybridized carbons (Fsp3) is 0.462. The number of hydrogen-bond donors (Lipinski definition) is 2. The molecule has 0 fully saturated rings. The summed E-state index contributed by atoms with van der Waals surface area (Å²) < 4.78 is 0. The van der Waals surface area contributed by atoms with Crippen molar-refractivity contribution in [2.24, 2.45) is 0 Å². The number of halogens is 1. The van der Waals surface area contributed by atoms with E-state index in [1.807, 2.05) is 13.2 Å². The third-order valence-electron chi connectivity index (χ3n) is 2.60. The molecule has 0 aromatic heterocycles. The van der Waals surface area contributed by atoms with Gasteiger partial charge >= 0.3 is 0 Å². The minimum Gasteiger partial charge on any atom is -0.396 e. The molecule has 0 saturated carbocycles. The monoisotopic (exact) mass is 287 g/mol. The van der Waals surface area contributed by atoms with Crippen LogP contribution in [-0.4, -0.2) is 35.7 Å². The molecule has 3 nitrogen and oxygen atoms in total. The lowest BCUT2D eigenvalue weighted by Gasteiger charge is -2.16. The summed E-state index contributed by atoms with van der Waals surface area (Å²) in [4.78, 5) is 12.0. The second-order valence-corrected chi connectivity index (χ2v) is 5.42. The van der Waals surface area contributed by atoms with Crippen LogP contribution >= 0.6 is 23.4 Å². The lowest BCUT2D eigenvalue weighted by molar-refractivity contribution is 0.0935. The van der Waals surface area contributed by atoms with Crippen LogP contribution in [0.4, 0.5) is 0 Å². The van der Waals surface area contributed by atoms with Crippen LogP contribution in [0.3, 0.4) is 0 Å². The van der Waals surface area contributed by atoms with Gasteiger partial charge in [0.25, 0.3) is 5.91 Å². The topological polar surface area (TPSA) is 49.3 Å². The third kappa shape index (κ3) is 4.52. The van der Waals surface area contributed by atoms with Crippen molar-refractivity contribution in [3.63, 3.8) is 0 Å². The quantitative estimate of drug-likeness (QED) is 0.845. The van der Waals surface area contributed by atoms with Crippen molar-refractivity contribution in [3.05, 3.63) is 34.3 Å². The van der Waals surface area contributed by atoms with E-state index in [2.05, 4.69) is 5.32 Å². The second kappa shape index (κ2) is 7.67. The Hall–Kier alpha value is -0.710. The molecular formula is C13H18ClNO2S. The average Bonchev–Trinajstić information content (AvgIpc) is 2.33. The van der Waals surface area contributed by atoms with Crippen molar-refractivity contribution >= 4 is 29.3 Å². The van der Waals surface area contributed by atoms with Crippen LogP contribution in [0.2, 0.25) is 5.02 Å². The van der Waals surface area contributed by atoms with Crippen molar-refractivity contribution in [1.82, 2.24) is 5.32 Å². The molecule has 5 heteroatoms. The van der Waals surface area contributed by atoms with Gasteiger partial charge in [0, 0.05) is 29.0 Å². The van der Waals surface area contributed by atoms with E-state index in [9.17, 15) is 4.79 Å². The molecule has 0 spiro atoms. The van der Waals surface area contributed by atoms with Gasteiger partial charge < -0.3 is 10.4 Å². The standard InChI is InChI=1S/C13H18ClNO2S/c1-9-7-10(3-4-12(9)14)13(17)15-11(5-6-16)8-18-2/h3-4,7,11,16H,5-6,8H2,1-2H3,(H,15,17)/t11-/m0/s1. The molecule has 1 rings (SSSR count). The highest BCUT2D eigenvalue weighted by molar-refractivity contribution is 7.98. The summed E-state index contributed by atoms with van der Waals surface area (Å²) >= 11 is 7.57. The number of amides is 1. The maximum absolute atomic E-state index is 12.0. The third-order valence-corrected chi connectivity index (χ3v) is 3.76. The summed E-state index contributed by atoms with van der Waals surface area (Å²) in [6.45, 7) is 1.94. The maximum atomic E-state index is 12.0. The lowest BCUT2D eigenvalue weighted by atomic mass is 10.1. The number of hydrogen-bond acceptors (Lipinski definition) is 3. The lowest BCUT2D eigenvalue weighted by Crippen LogP contribution is -2.37. The van der Waals surface area contributed by atoms with Crippen molar-refractivity contribution in [2.75, 3.05) is 18.6 Å². The molecule has 0 unspecified atom stereocenters. The fourth-order valence-electron chi connectivity index (χ4n) is 1.61. The summed E-state index contributed by atoms with van der Waals surface area (Å²) in [5.74, 6) is 0.668. The molecule has 2 N–H and O–H groups in total. The minimum atomic E-state index is -0.123. The molecule has 0 heterocycles. The van der Waals surface area contributed by atoms with Gasteiger partial charge in [0.15, 0.2) is 0 Å². The summed E-state index contributed by atoms with van der Waals surface area (Å²) in [5.41, 5.74) is 1.48. The van der Waals surface area contributed by atoms with E-state index in [1.54, 1.807) is 30.0 Å². The largest absolute Gasteiger partial charge is 0.396 e. The Kier molecular flexibility index (Phi) is 6.54. The van der Waals surface area contributed by atoms with Crippen molar-refractivity contribution in [2.45, 2.75) is 19.4 Å². The van der Waals surface area contributed by atoms with Gasteiger partial charge in [-0.1, -0.05) is 11.6 Å². The predicted octanol–water partition coefficient (Wildman–Crippen LogP) is 2.49. The van der Waals surface area contributed by atoms with E-state index >= 15 is 0 Å². The van der Waals surface area contributed by atoms with Gasteiger partial charge in [0.05, 0.1) is 0 Å². The number of thioether (sulfide) groups is 1. The summed E-state index contributed by atoms with van der Waals surface area (Å²) in [6, 6.07) is 5.20. The smallest absolute Gasteiger partial charge is 0.251 e. The van der Waals surface area contributed by atoms with Gasteiger partial charge in [-0.2, -0.15) is 11.8 Å². The summed E-state index contributed by atoms with van der Waals surface area (Å²) in [5, 5.41) is 12.5. The molecule has 1 atom stereocenters. The van der Waals surface area contributed by atoms with Crippen LogP contribution < -0.4 is 5.32 Å². The molecule has 1 aromatic rings. The van der Waals surface area contributed by atoms with E-state index in [0.29, 0.717) is 17.0 Å². The van der Waals surface area contributed by atoms with Crippen molar-refractivity contribution in [3.8, 4) is 0 Å². The number of aliphatic hydroxyl groups excluding tert-OH is 1. The van der Waals surface area contributed by atoms with Crippen molar-refractivity contribution in [1.29, 1.82) is 0 Å². The number of carbonyl (C=O) groups is 1. The highest BCUT2D eigenvalue weighted by atomic mass is 35.5. The number of carbonyl (C=O) groups excluding carboxylic acids is 1. The fourth-order valence-corrected chi connectivity index (χ4v) is 2.38. The molecule has 0 aliphatic heterocycles. The summed E-state index contributed by atoms with van der Waals surface area (Å²) in [6.07, 6.45) is 2.54. The Bertz CT molecular complexity index is 406. The first-order chi connectivity index (χ1) is 8.58.